The lowest BCUT2D eigenvalue weighted by molar-refractivity contribution is -0.387. The van der Waals surface area contributed by atoms with E-state index >= 15 is 0 Å². The highest BCUT2D eigenvalue weighted by Gasteiger charge is 2.24. The van der Waals surface area contributed by atoms with Gasteiger partial charge in [0.2, 0.25) is 5.82 Å². The third kappa shape index (κ3) is 4.83. The molecule has 1 aromatic carbocycles. The van der Waals surface area contributed by atoms with E-state index in [1.54, 1.807) is 20.8 Å². The van der Waals surface area contributed by atoms with Crippen LogP contribution < -0.4 is 5.32 Å². The predicted octanol–water partition coefficient (Wildman–Crippen LogP) is 2.26. The molecule has 0 aliphatic heterocycles. The molecule has 7 nitrogen and oxygen atoms in total. The fourth-order valence-electron chi connectivity index (χ4n) is 1.28. The third-order valence-electron chi connectivity index (χ3n) is 2.37. The number of nitrogens with zero attached hydrogens (tertiary/aromatic N) is 1. The molecule has 1 aromatic rings. The molecule has 114 valence electrons. The molecule has 0 aliphatic carbocycles. The number of rotatable bonds is 4. The number of benzene rings is 1. The normalized spacial score (nSPS) is 10.9. The summed E-state index contributed by atoms with van der Waals surface area (Å²) in [6.07, 6.45) is 0. The number of anilines is 1. The van der Waals surface area contributed by atoms with Gasteiger partial charge in [-0.05, 0) is 32.9 Å². The van der Waals surface area contributed by atoms with Crippen molar-refractivity contribution < 1.29 is 23.6 Å². The van der Waals surface area contributed by atoms with Crippen molar-refractivity contribution in [2.75, 3.05) is 11.9 Å². The van der Waals surface area contributed by atoms with E-state index in [0.29, 0.717) is 0 Å². The fraction of sp³-hybridized carbons (Fsp3) is 0.385. The van der Waals surface area contributed by atoms with Gasteiger partial charge in [-0.2, -0.15) is 4.39 Å². The highest BCUT2D eigenvalue weighted by Crippen LogP contribution is 2.21. The van der Waals surface area contributed by atoms with Crippen LogP contribution >= 0.6 is 0 Å². The Morgan fingerprint density at radius 3 is 2.52 bits per heavy atom. The highest BCUT2D eigenvalue weighted by molar-refractivity contribution is 5.93. The first kappa shape index (κ1) is 16.5. The molecule has 0 radical (unpaired) electrons. The minimum atomic E-state index is -1.00. The first-order chi connectivity index (χ1) is 9.61. The number of hydrogen-bond donors (Lipinski definition) is 1. The molecule has 0 saturated carbocycles. The van der Waals surface area contributed by atoms with Crippen molar-refractivity contribution in [3.8, 4) is 0 Å². The predicted molar refractivity (Wildman–Crippen MR) is 72.1 cm³/mol. The average Bonchev–Trinajstić information content (AvgIpc) is 2.36. The van der Waals surface area contributed by atoms with Crippen LogP contribution in [0.2, 0.25) is 0 Å². The second-order valence-corrected chi connectivity index (χ2v) is 5.30. The van der Waals surface area contributed by atoms with Crippen molar-refractivity contribution in [1.82, 2.24) is 0 Å². The Morgan fingerprint density at radius 1 is 1.38 bits per heavy atom. The van der Waals surface area contributed by atoms with Crippen molar-refractivity contribution in [2.45, 2.75) is 20.8 Å². The minimum Gasteiger partial charge on any atom is -0.455 e. The van der Waals surface area contributed by atoms with Gasteiger partial charge in [0, 0.05) is 11.8 Å². The first-order valence-corrected chi connectivity index (χ1v) is 6.02. The monoisotopic (exact) mass is 298 g/mol. The van der Waals surface area contributed by atoms with Gasteiger partial charge >= 0.3 is 11.7 Å². The smallest absolute Gasteiger partial charge is 0.311 e. The lowest BCUT2D eigenvalue weighted by Crippen LogP contribution is -2.27. The van der Waals surface area contributed by atoms with Crippen molar-refractivity contribution in [3.05, 3.63) is 34.1 Å². The SMILES string of the molecule is CC(C)(C)C(=O)OCC(=O)Nc1ccc(F)c([N+](=O)[O-])c1. The zero-order chi connectivity index (χ0) is 16.2. The molecule has 1 N–H and O–H groups in total. The maximum absolute atomic E-state index is 13.1. The Balaban J connectivity index is 2.66. The molecule has 0 aromatic heterocycles. The van der Waals surface area contributed by atoms with Crippen LogP contribution in [0, 0.1) is 21.3 Å². The largest absolute Gasteiger partial charge is 0.455 e. The Hall–Kier alpha value is -2.51. The van der Waals surface area contributed by atoms with E-state index in [9.17, 15) is 24.1 Å². The summed E-state index contributed by atoms with van der Waals surface area (Å²) in [7, 11) is 0. The molecule has 0 fully saturated rings. The summed E-state index contributed by atoms with van der Waals surface area (Å²) in [5.74, 6) is -2.23. The molecule has 8 heteroatoms. The van der Waals surface area contributed by atoms with Crippen molar-refractivity contribution in [3.63, 3.8) is 0 Å². The van der Waals surface area contributed by atoms with E-state index in [-0.39, 0.29) is 5.69 Å². The number of nitro groups is 1. The van der Waals surface area contributed by atoms with Crippen LogP contribution in [0.1, 0.15) is 20.8 Å². The van der Waals surface area contributed by atoms with Crippen LogP contribution in [0.15, 0.2) is 18.2 Å². The van der Waals surface area contributed by atoms with Gasteiger partial charge in [-0.15, -0.1) is 0 Å². The minimum absolute atomic E-state index is 0.0416. The number of ether oxygens (including phenoxy) is 1. The second-order valence-electron chi connectivity index (χ2n) is 5.30. The molecule has 0 atom stereocenters. The standard InChI is InChI=1S/C13H15FN2O5/c1-13(2,3)12(18)21-7-11(17)15-8-4-5-9(14)10(6-8)16(19)20/h4-6H,7H2,1-3H3,(H,15,17). The molecule has 21 heavy (non-hydrogen) atoms. The molecule has 0 heterocycles. The molecular formula is C13H15FN2O5. The molecule has 1 amide bonds. The zero-order valence-corrected chi connectivity index (χ0v) is 11.8. The number of nitrogens with one attached hydrogen (secondary N) is 1. The summed E-state index contributed by atoms with van der Waals surface area (Å²) >= 11 is 0. The van der Waals surface area contributed by atoms with Crippen molar-refractivity contribution in [1.29, 1.82) is 0 Å². The second kappa shape index (κ2) is 6.29. The number of amides is 1. The highest BCUT2D eigenvalue weighted by atomic mass is 19.1. The summed E-state index contributed by atoms with van der Waals surface area (Å²) in [5, 5.41) is 12.9. The number of carbonyl (C=O) groups is 2. The van der Waals surface area contributed by atoms with Gasteiger partial charge in [-0.1, -0.05) is 0 Å². The summed E-state index contributed by atoms with van der Waals surface area (Å²) in [4.78, 5) is 32.7. The van der Waals surface area contributed by atoms with Gasteiger partial charge in [0.1, 0.15) is 0 Å². The van der Waals surface area contributed by atoms with E-state index in [1.165, 1.54) is 6.07 Å². The lowest BCUT2D eigenvalue weighted by Gasteiger charge is -2.16. The van der Waals surface area contributed by atoms with E-state index in [1.807, 2.05) is 0 Å². The summed E-state index contributed by atoms with van der Waals surface area (Å²) < 4.78 is 17.9. The van der Waals surface area contributed by atoms with Gasteiger partial charge in [0.05, 0.1) is 10.3 Å². The summed E-state index contributed by atoms with van der Waals surface area (Å²) in [6.45, 7) is 4.38. The molecule has 1 rings (SSSR count). The molecule has 0 spiro atoms. The zero-order valence-electron chi connectivity index (χ0n) is 11.8. The van der Waals surface area contributed by atoms with Crippen LogP contribution in [0.5, 0.6) is 0 Å². The number of carbonyl (C=O) groups excluding carboxylic acids is 2. The van der Waals surface area contributed by atoms with Crippen molar-refractivity contribution >= 4 is 23.3 Å². The van der Waals surface area contributed by atoms with Gasteiger partial charge in [0.25, 0.3) is 5.91 Å². The van der Waals surface area contributed by atoms with Crippen molar-refractivity contribution in [2.24, 2.45) is 5.41 Å². The van der Waals surface area contributed by atoms with Gasteiger partial charge in [-0.25, -0.2) is 0 Å². The quantitative estimate of drug-likeness (QED) is 0.522. The van der Waals surface area contributed by atoms with E-state index in [0.717, 1.165) is 12.1 Å². The molecular weight excluding hydrogens is 283 g/mol. The molecule has 0 aliphatic rings. The van der Waals surface area contributed by atoms with Crippen LogP contribution in [-0.4, -0.2) is 23.4 Å². The molecule has 0 unspecified atom stereocenters. The maximum atomic E-state index is 13.1. The topological polar surface area (TPSA) is 98.5 Å². The number of nitro benzene ring substituents is 1. The summed E-state index contributed by atoms with van der Waals surface area (Å²) in [6, 6.07) is 2.93. The summed E-state index contributed by atoms with van der Waals surface area (Å²) in [5.41, 5.74) is -1.45. The van der Waals surface area contributed by atoms with Gasteiger partial charge in [0.15, 0.2) is 6.61 Å². The maximum Gasteiger partial charge on any atom is 0.311 e. The molecule has 0 saturated heterocycles. The third-order valence-corrected chi connectivity index (χ3v) is 2.37. The number of halogens is 1. The van der Waals surface area contributed by atoms with Gasteiger partial charge in [-0.3, -0.25) is 19.7 Å². The number of hydrogen-bond acceptors (Lipinski definition) is 5. The molecule has 0 bridgehead atoms. The van der Waals surface area contributed by atoms with E-state index in [2.05, 4.69) is 5.32 Å². The fourth-order valence-corrected chi connectivity index (χ4v) is 1.28. The van der Waals surface area contributed by atoms with Crippen LogP contribution in [0.4, 0.5) is 15.8 Å². The van der Waals surface area contributed by atoms with E-state index < -0.39 is 40.3 Å². The lowest BCUT2D eigenvalue weighted by atomic mass is 9.97. The first-order valence-electron chi connectivity index (χ1n) is 6.02. The Labute approximate surface area is 120 Å². The Kier molecular flexibility index (Phi) is 4.96. The van der Waals surface area contributed by atoms with Gasteiger partial charge < -0.3 is 10.1 Å². The number of esters is 1. The Morgan fingerprint density at radius 2 is 2.00 bits per heavy atom. The van der Waals surface area contributed by atoms with Crippen LogP contribution in [0.3, 0.4) is 0 Å². The van der Waals surface area contributed by atoms with E-state index in [4.69, 9.17) is 4.74 Å². The average molecular weight is 298 g/mol. The Bertz CT molecular complexity index is 580. The van der Waals surface area contributed by atoms with Crippen LogP contribution in [-0.2, 0) is 14.3 Å². The van der Waals surface area contributed by atoms with Crippen LogP contribution in [0.25, 0.3) is 0 Å².